The van der Waals surface area contributed by atoms with E-state index < -0.39 is 5.60 Å². The van der Waals surface area contributed by atoms with Gasteiger partial charge in [-0.05, 0) is 52.3 Å². The molecule has 1 unspecified atom stereocenters. The summed E-state index contributed by atoms with van der Waals surface area (Å²) in [6.45, 7) is 5.03. The number of esters is 1. The molecule has 4 aromatic carbocycles. The lowest BCUT2D eigenvalue weighted by molar-refractivity contribution is 0.0257. The molecule has 1 aliphatic rings. The minimum Gasteiger partial charge on any atom is -0.457 e. The Labute approximate surface area is 219 Å². The number of fused-ring (bicyclic) bond motifs is 1. The van der Waals surface area contributed by atoms with Gasteiger partial charge in [-0.3, -0.25) is 0 Å². The first-order valence-electron chi connectivity index (χ1n) is 12.8. The number of rotatable bonds is 9. The Morgan fingerprint density at radius 2 is 1.54 bits per heavy atom. The Hall–Kier alpha value is -3.89. The van der Waals surface area contributed by atoms with Gasteiger partial charge in [-0.1, -0.05) is 98.8 Å². The van der Waals surface area contributed by atoms with Crippen molar-refractivity contribution in [3.8, 4) is 11.1 Å². The molecule has 188 valence electrons. The number of cyclic esters (lactones) is 1. The summed E-state index contributed by atoms with van der Waals surface area (Å²) >= 11 is 0. The van der Waals surface area contributed by atoms with Crippen LogP contribution in [0.2, 0.25) is 0 Å². The van der Waals surface area contributed by atoms with Crippen LogP contribution in [0, 0.1) is 0 Å². The van der Waals surface area contributed by atoms with Gasteiger partial charge in [0.2, 0.25) is 0 Å². The Bertz CT molecular complexity index is 1380. The normalized spacial score (nSPS) is 14.5. The molecule has 4 heteroatoms. The summed E-state index contributed by atoms with van der Waals surface area (Å²) < 4.78 is 5.15. The smallest absolute Gasteiger partial charge is 0.338 e. The fourth-order valence-corrected chi connectivity index (χ4v) is 5.38. The van der Waals surface area contributed by atoms with Crippen molar-refractivity contribution in [3.05, 3.63) is 125 Å². The molecular formula is C33H33NO3. The van der Waals surface area contributed by atoms with E-state index in [1.807, 2.05) is 48.5 Å². The molecule has 0 bridgehead atoms. The lowest BCUT2D eigenvalue weighted by atomic mass is 9.73. The van der Waals surface area contributed by atoms with Crippen LogP contribution in [0.4, 0.5) is 5.69 Å². The van der Waals surface area contributed by atoms with E-state index in [9.17, 15) is 9.90 Å². The molecule has 5 rings (SSSR count). The minimum atomic E-state index is -1.03. The SMILES string of the molecule is CC(C)(CC(O)(CNc1ccc2c(c1)COC2=O)Cc1cccc(-c2ccccc2)c1)c1ccccc1. The molecule has 1 heterocycles. The van der Waals surface area contributed by atoms with Crippen molar-refractivity contribution in [2.24, 2.45) is 0 Å². The van der Waals surface area contributed by atoms with Gasteiger partial charge in [0.05, 0.1) is 11.2 Å². The molecule has 4 nitrogen and oxygen atoms in total. The molecule has 2 N–H and O–H groups in total. The van der Waals surface area contributed by atoms with Crippen LogP contribution in [0.25, 0.3) is 11.1 Å². The summed E-state index contributed by atoms with van der Waals surface area (Å²) in [6.07, 6.45) is 1.07. The Balaban J connectivity index is 1.42. The van der Waals surface area contributed by atoms with Crippen LogP contribution in [-0.2, 0) is 23.2 Å². The quantitative estimate of drug-likeness (QED) is 0.254. The zero-order valence-corrected chi connectivity index (χ0v) is 21.4. The number of carbonyl (C=O) groups is 1. The van der Waals surface area contributed by atoms with Crippen LogP contribution < -0.4 is 5.32 Å². The van der Waals surface area contributed by atoms with Crippen LogP contribution in [0.3, 0.4) is 0 Å². The topological polar surface area (TPSA) is 58.6 Å². The van der Waals surface area contributed by atoms with Crippen molar-refractivity contribution in [1.82, 2.24) is 0 Å². The predicted octanol–water partition coefficient (Wildman–Crippen LogP) is 6.78. The Morgan fingerprint density at radius 1 is 0.838 bits per heavy atom. The van der Waals surface area contributed by atoms with E-state index in [-0.39, 0.29) is 11.4 Å². The highest BCUT2D eigenvalue weighted by Crippen LogP contribution is 2.35. The number of carbonyl (C=O) groups excluding carboxylic acids is 1. The second-order valence-electron chi connectivity index (χ2n) is 10.7. The maximum absolute atomic E-state index is 12.2. The number of ether oxygens (including phenoxy) is 1. The second-order valence-corrected chi connectivity index (χ2v) is 10.7. The first kappa shape index (κ1) is 24.8. The van der Waals surface area contributed by atoms with Crippen LogP contribution >= 0.6 is 0 Å². The van der Waals surface area contributed by atoms with Gasteiger partial charge < -0.3 is 15.2 Å². The van der Waals surface area contributed by atoms with Crippen molar-refractivity contribution in [3.63, 3.8) is 0 Å². The molecule has 0 aromatic heterocycles. The van der Waals surface area contributed by atoms with E-state index in [2.05, 4.69) is 67.7 Å². The van der Waals surface area contributed by atoms with Crippen LogP contribution in [0.15, 0.2) is 103 Å². The third-order valence-electron chi connectivity index (χ3n) is 7.20. The number of nitrogens with one attached hydrogen (secondary N) is 1. The maximum atomic E-state index is 12.2. The molecule has 0 saturated carbocycles. The highest BCUT2D eigenvalue weighted by Gasteiger charge is 2.36. The molecule has 0 aliphatic carbocycles. The zero-order chi connectivity index (χ0) is 25.9. The average Bonchev–Trinajstić information content (AvgIpc) is 3.28. The van der Waals surface area contributed by atoms with Crippen molar-refractivity contribution in [2.75, 3.05) is 11.9 Å². The van der Waals surface area contributed by atoms with E-state index in [1.165, 1.54) is 5.56 Å². The third-order valence-corrected chi connectivity index (χ3v) is 7.20. The number of hydrogen-bond acceptors (Lipinski definition) is 4. The molecule has 0 fully saturated rings. The van der Waals surface area contributed by atoms with Crippen molar-refractivity contribution in [1.29, 1.82) is 0 Å². The average molecular weight is 492 g/mol. The lowest BCUT2D eigenvalue weighted by Gasteiger charge is -2.37. The summed E-state index contributed by atoms with van der Waals surface area (Å²) in [5, 5.41) is 15.6. The minimum absolute atomic E-state index is 0.243. The molecule has 4 aromatic rings. The van der Waals surface area contributed by atoms with Gasteiger partial charge in [0.1, 0.15) is 6.61 Å². The Morgan fingerprint density at radius 3 is 2.30 bits per heavy atom. The summed E-state index contributed by atoms with van der Waals surface area (Å²) in [5.41, 5.74) is 5.66. The van der Waals surface area contributed by atoms with Crippen molar-refractivity contribution >= 4 is 11.7 Å². The van der Waals surface area contributed by atoms with E-state index >= 15 is 0 Å². The van der Waals surface area contributed by atoms with Gasteiger partial charge in [-0.25, -0.2) is 4.79 Å². The number of benzene rings is 4. The second kappa shape index (κ2) is 10.2. The van der Waals surface area contributed by atoms with Crippen LogP contribution in [0.5, 0.6) is 0 Å². The van der Waals surface area contributed by atoms with Gasteiger partial charge in [-0.2, -0.15) is 0 Å². The van der Waals surface area contributed by atoms with E-state index in [0.29, 0.717) is 31.6 Å². The number of anilines is 1. The standard InChI is InChI=1S/C33H33NO3/c1-32(2,28-14-7-4-8-15-28)22-33(36,23-34-29-16-17-30-27(19-29)21-37-31(30)35)20-24-10-9-13-26(18-24)25-11-5-3-6-12-25/h3-19,34,36H,20-23H2,1-2H3. The number of aliphatic hydroxyl groups is 1. The molecule has 0 spiro atoms. The highest BCUT2D eigenvalue weighted by molar-refractivity contribution is 5.93. The first-order valence-corrected chi connectivity index (χ1v) is 12.8. The molecule has 1 atom stereocenters. The predicted molar refractivity (Wildman–Crippen MR) is 149 cm³/mol. The molecule has 0 radical (unpaired) electrons. The summed E-state index contributed by atoms with van der Waals surface area (Å²) in [6, 6.07) is 34.7. The van der Waals surface area contributed by atoms with Gasteiger partial charge in [-0.15, -0.1) is 0 Å². The van der Waals surface area contributed by atoms with Gasteiger partial charge in [0.15, 0.2) is 0 Å². The summed E-state index contributed by atoms with van der Waals surface area (Å²) in [7, 11) is 0. The summed E-state index contributed by atoms with van der Waals surface area (Å²) in [4.78, 5) is 11.8. The first-order chi connectivity index (χ1) is 17.8. The molecule has 37 heavy (non-hydrogen) atoms. The van der Waals surface area contributed by atoms with Crippen molar-refractivity contribution in [2.45, 2.75) is 44.3 Å². The molecule has 1 aliphatic heterocycles. The van der Waals surface area contributed by atoms with E-state index in [1.54, 1.807) is 6.07 Å². The summed E-state index contributed by atoms with van der Waals surface area (Å²) in [5.74, 6) is -0.277. The van der Waals surface area contributed by atoms with E-state index in [0.717, 1.165) is 27.9 Å². The molecular weight excluding hydrogens is 458 g/mol. The lowest BCUT2D eigenvalue weighted by Crippen LogP contribution is -2.44. The van der Waals surface area contributed by atoms with E-state index in [4.69, 9.17) is 4.74 Å². The molecule has 0 amide bonds. The highest BCUT2D eigenvalue weighted by atomic mass is 16.5. The Kier molecular flexibility index (Phi) is 6.86. The monoisotopic (exact) mass is 491 g/mol. The fraction of sp³-hybridized carbons (Fsp3) is 0.242. The van der Waals surface area contributed by atoms with Gasteiger partial charge in [0, 0.05) is 24.2 Å². The fourth-order valence-electron chi connectivity index (χ4n) is 5.38. The van der Waals surface area contributed by atoms with Crippen LogP contribution in [-0.4, -0.2) is 23.2 Å². The molecule has 0 saturated heterocycles. The van der Waals surface area contributed by atoms with Crippen LogP contribution in [0.1, 0.15) is 47.3 Å². The third kappa shape index (κ3) is 5.76. The zero-order valence-electron chi connectivity index (χ0n) is 21.4. The van der Waals surface area contributed by atoms with Crippen molar-refractivity contribution < 1.29 is 14.6 Å². The van der Waals surface area contributed by atoms with Gasteiger partial charge >= 0.3 is 5.97 Å². The maximum Gasteiger partial charge on any atom is 0.338 e. The van der Waals surface area contributed by atoms with Gasteiger partial charge in [0.25, 0.3) is 0 Å². The largest absolute Gasteiger partial charge is 0.457 e. The number of hydrogen-bond donors (Lipinski definition) is 2.